The highest BCUT2D eigenvalue weighted by molar-refractivity contribution is 6.27. The van der Waals surface area contributed by atoms with Crippen LogP contribution in [0.4, 0.5) is 0 Å². The van der Waals surface area contributed by atoms with Gasteiger partial charge in [0.15, 0.2) is 6.17 Å². The van der Waals surface area contributed by atoms with Gasteiger partial charge in [-0.2, -0.15) is 10.4 Å². The van der Waals surface area contributed by atoms with E-state index in [4.69, 9.17) is 21.4 Å². The van der Waals surface area contributed by atoms with Gasteiger partial charge in [0.05, 0.1) is 29.9 Å². The van der Waals surface area contributed by atoms with Crippen LogP contribution in [0.5, 0.6) is 0 Å². The number of aromatic nitrogens is 2. The average Bonchev–Trinajstić information content (AvgIpc) is 3.02. The first kappa shape index (κ1) is 27.3. The molecule has 2 aromatic carbocycles. The van der Waals surface area contributed by atoms with Gasteiger partial charge in [0.1, 0.15) is 5.88 Å². The number of allylic oxidation sites excluding steroid dienone is 1. The zero-order valence-electron chi connectivity index (χ0n) is 21.8. The minimum atomic E-state index is -0.549. The van der Waals surface area contributed by atoms with Gasteiger partial charge in [0.25, 0.3) is 5.56 Å². The molecule has 3 aromatic rings. The molecule has 5 rings (SSSR count). The molecule has 2 unspecified atom stereocenters. The number of H-pyrrole nitrogens is 1. The summed E-state index contributed by atoms with van der Waals surface area (Å²) in [6, 6.07) is 20.7. The molecule has 1 N–H and O–H groups in total. The van der Waals surface area contributed by atoms with Crippen molar-refractivity contribution in [2.24, 2.45) is 10.9 Å². The van der Waals surface area contributed by atoms with Crippen molar-refractivity contribution in [2.75, 3.05) is 25.6 Å². The summed E-state index contributed by atoms with van der Waals surface area (Å²) in [5.41, 5.74) is 2.84. The molecule has 1 fully saturated rings. The summed E-state index contributed by atoms with van der Waals surface area (Å²) in [7, 11) is 0. The number of hydroxylamine groups is 2. The lowest BCUT2D eigenvalue weighted by atomic mass is 9.88. The third-order valence-electron chi connectivity index (χ3n) is 7.27. The Labute approximate surface area is 237 Å². The predicted molar refractivity (Wildman–Crippen MR) is 153 cm³/mol. The predicted octanol–water partition coefficient (Wildman–Crippen LogP) is 4.08. The minimum absolute atomic E-state index is 0.0000915. The summed E-state index contributed by atoms with van der Waals surface area (Å²) in [6.45, 7) is 1.78. The van der Waals surface area contributed by atoms with E-state index in [-0.39, 0.29) is 23.3 Å². The molecule has 1 amide bonds. The number of alkyl halides is 1. The zero-order chi connectivity index (χ0) is 27.9. The number of rotatable bonds is 8. The van der Waals surface area contributed by atoms with Crippen LogP contribution in [0.1, 0.15) is 35.4 Å². The van der Waals surface area contributed by atoms with Crippen molar-refractivity contribution in [3.05, 3.63) is 100.0 Å². The Hall–Kier alpha value is -4.26. The number of carbonyl (C=O) groups is 1. The molecule has 40 heavy (non-hydrogen) atoms. The maximum absolute atomic E-state index is 13.3. The van der Waals surface area contributed by atoms with Crippen LogP contribution in [0.3, 0.4) is 0 Å². The van der Waals surface area contributed by atoms with Gasteiger partial charge in [0, 0.05) is 36.6 Å². The zero-order valence-corrected chi connectivity index (χ0v) is 22.6. The Kier molecular flexibility index (Phi) is 8.69. The van der Waals surface area contributed by atoms with E-state index in [0.29, 0.717) is 36.5 Å². The Morgan fingerprint density at radius 2 is 1.95 bits per heavy atom. The molecule has 0 radical (unpaired) electrons. The number of halogens is 1. The first-order valence-corrected chi connectivity index (χ1v) is 13.7. The molecule has 9 nitrogen and oxygen atoms in total. The van der Waals surface area contributed by atoms with E-state index < -0.39 is 12.1 Å². The number of nitrogens with zero attached hydrogens (tertiary/aromatic N) is 5. The molecule has 1 aromatic heterocycles. The van der Waals surface area contributed by atoms with Crippen LogP contribution < -0.4 is 5.56 Å². The van der Waals surface area contributed by atoms with E-state index in [9.17, 15) is 14.9 Å². The second-order valence-corrected chi connectivity index (χ2v) is 10.1. The van der Waals surface area contributed by atoms with Crippen molar-refractivity contribution < 1.29 is 9.63 Å². The molecule has 0 saturated carbocycles. The van der Waals surface area contributed by atoms with Gasteiger partial charge in [-0.05, 0) is 48.6 Å². The fourth-order valence-corrected chi connectivity index (χ4v) is 5.28. The highest BCUT2D eigenvalue weighted by atomic mass is 35.5. The third kappa shape index (κ3) is 6.14. The van der Waals surface area contributed by atoms with Crippen LogP contribution in [0, 0.1) is 17.2 Å². The number of piperidine rings is 1. The molecule has 1 saturated heterocycles. The monoisotopic (exact) mass is 556 g/mol. The number of nitrogens with one attached hydrogen (secondary N) is 1. The second-order valence-electron chi connectivity index (χ2n) is 9.79. The molecule has 2 aliphatic rings. The first-order chi connectivity index (χ1) is 19.6. The Bertz CT molecular complexity index is 1490. The molecule has 2 aliphatic heterocycles. The van der Waals surface area contributed by atoms with E-state index >= 15 is 0 Å². The number of benzene rings is 2. The Morgan fingerprint density at radius 1 is 1.15 bits per heavy atom. The van der Waals surface area contributed by atoms with Gasteiger partial charge in [-0.3, -0.25) is 19.4 Å². The molecule has 2 atom stereocenters. The third-order valence-corrected chi connectivity index (χ3v) is 7.50. The number of aliphatic imine (C=N–C) groups is 1. The fourth-order valence-electron chi connectivity index (χ4n) is 5.11. The molecule has 3 heterocycles. The van der Waals surface area contributed by atoms with Crippen molar-refractivity contribution in [3.8, 4) is 17.3 Å². The van der Waals surface area contributed by atoms with Gasteiger partial charge in [-0.15, -0.1) is 11.6 Å². The van der Waals surface area contributed by atoms with E-state index in [1.54, 1.807) is 46.5 Å². The molecule has 10 heteroatoms. The van der Waals surface area contributed by atoms with Crippen LogP contribution in [0.15, 0.2) is 82.7 Å². The quantitative estimate of drug-likeness (QED) is 0.418. The normalized spacial score (nSPS) is 17.9. The van der Waals surface area contributed by atoms with E-state index in [2.05, 4.69) is 16.3 Å². The SMILES string of the molecule is N#Cc1cccc(-c2cc(C(c3ccccc3)C3N=CC=CN3OCC3CCN(C(=O)CCl)CC3)c(=O)[nH]n2)c1. The summed E-state index contributed by atoms with van der Waals surface area (Å²) in [4.78, 5) is 38.0. The van der Waals surface area contributed by atoms with Gasteiger partial charge in [0.2, 0.25) is 5.91 Å². The lowest BCUT2D eigenvalue weighted by Gasteiger charge is -2.36. The van der Waals surface area contributed by atoms with Crippen LogP contribution in [-0.2, 0) is 9.63 Å². The molecular weight excluding hydrogens is 528 g/mol. The van der Waals surface area contributed by atoms with Gasteiger partial charge in [-0.25, -0.2) is 10.2 Å². The summed E-state index contributed by atoms with van der Waals surface area (Å²) in [5.74, 6) is -0.241. The largest absolute Gasteiger partial charge is 0.342 e. The van der Waals surface area contributed by atoms with Gasteiger partial charge in [-0.1, -0.05) is 42.5 Å². The van der Waals surface area contributed by atoms with Crippen molar-refractivity contribution in [2.45, 2.75) is 24.9 Å². The van der Waals surface area contributed by atoms with Crippen molar-refractivity contribution >= 4 is 23.7 Å². The summed E-state index contributed by atoms with van der Waals surface area (Å²) in [5, 5.41) is 18.0. The number of aromatic amines is 1. The number of nitriles is 1. The highest BCUT2D eigenvalue weighted by Crippen LogP contribution is 2.33. The summed E-state index contributed by atoms with van der Waals surface area (Å²) >= 11 is 5.72. The topological polar surface area (TPSA) is 115 Å². The lowest BCUT2D eigenvalue weighted by Crippen LogP contribution is -2.42. The van der Waals surface area contributed by atoms with E-state index in [0.717, 1.165) is 24.0 Å². The smallest absolute Gasteiger partial charge is 0.268 e. The van der Waals surface area contributed by atoms with E-state index in [1.165, 1.54) is 0 Å². The Morgan fingerprint density at radius 3 is 2.70 bits per heavy atom. The van der Waals surface area contributed by atoms with Crippen molar-refractivity contribution in [3.63, 3.8) is 0 Å². The molecule has 204 valence electrons. The minimum Gasteiger partial charge on any atom is -0.342 e. The maximum atomic E-state index is 13.3. The Balaban J connectivity index is 1.43. The average molecular weight is 557 g/mol. The first-order valence-electron chi connectivity index (χ1n) is 13.2. The number of hydrogen-bond acceptors (Lipinski definition) is 7. The van der Waals surface area contributed by atoms with Crippen LogP contribution in [0.2, 0.25) is 0 Å². The van der Waals surface area contributed by atoms with Gasteiger partial charge < -0.3 is 4.90 Å². The fraction of sp³-hybridized carbons (Fsp3) is 0.300. The lowest BCUT2D eigenvalue weighted by molar-refractivity contribution is -0.165. The molecule has 0 bridgehead atoms. The van der Waals surface area contributed by atoms with Crippen LogP contribution in [-0.4, -0.2) is 64.0 Å². The number of amides is 1. The molecule has 0 aliphatic carbocycles. The summed E-state index contributed by atoms with van der Waals surface area (Å²) in [6.07, 6.45) is 6.44. The van der Waals surface area contributed by atoms with E-state index in [1.807, 2.05) is 42.6 Å². The molecule has 0 spiro atoms. The molecular formula is C30H29ClN6O3. The van der Waals surface area contributed by atoms with Gasteiger partial charge >= 0.3 is 0 Å². The number of carbonyl (C=O) groups excluding carboxylic acids is 1. The van der Waals surface area contributed by atoms with Crippen molar-refractivity contribution in [1.82, 2.24) is 20.2 Å². The van der Waals surface area contributed by atoms with Crippen LogP contribution in [0.25, 0.3) is 11.3 Å². The number of hydrogen-bond donors (Lipinski definition) is 1. The highest BCUT2D eigenvalue weighted by Gasteiger charge is 2.33. The second kappa shape index (κ2) is 12.7. The summed E-state index contributed by atoms with van der Waals surface area (Å²) < 4.78 is 0. The standard InChI is InChI=1S/C30H29ClN6O3/c31-18-27(38)36-14-10-21(11-15-36)20-40-37-13-5-12-33-29(37)28(23-7-2-1-3-8-23)25-17-26(34-35-30(25)39)24-9-4-6-22(16-24)19-32/h1-9,12-13,16-17,21,28-29H,10-11,14-15,18,20H2,(H,35,39). The number of likely N-dealkylation sites (tertiary alicyclic amines) is 1. The maximum Gasteiger partial charge on any atom is 0.268 e. The van der Waals surface area contributed by atoms with Crippen LogP contribution >= 0.6 is 11.6 Å². The van der Waals surface area contributed by atoms with Crippen molar-refractivity contribution in [1.29, 1.82) is 5.26 Å².